The lowest BCUT2D eigenvalue weighted by Crippen LogP contribution is -3.00. The van der Waals surface area contributed by atoms with Crippen LogP contribution in [0.2, 0.25) is 0 Å². The van der Waals surface area contributed by atoms with Crippen molar-refractivity contribution in [2.45, 2.75) is 38.0 Å². The molecule has 0 radical (unpaired) electrons. The second-order valence-corrected chi connectivity index (χ2v) is 9.26. The summed E-state index contributed by atoms with van der Waals surface area (Å²) < 4.78 is 7.22. The zero-order valence-electron chi connectivity index (χ0n) is 19.1. The lowest BCUT2D eigenvalue weighted by Gasteiger charge is -2.40. The molecule has 2 aliphatic heterocycles. The number of benzene rings is 2. The molecule has 5 heteroatoms. The zero-order valence-corrected chi connectivity index (χ0v) is 21.3. The van der Waals surface area contributed by atoms with Crippen LogP contribution in [0.1, 0.15) is 42.7 Å². The van der Waals surface area contributed by atoms with E-state index in [1.54, 1.807) is 6.08 Å². The number of hydrogen-bond acceptors (Lipinski definition) is 2. The molecule has 172 valence electrons. The highest BCUT2D eigenvalue weighted by Gasteiger charge is 2.30. The summed E-state index contributed by atoms with van der Waals surface area (Å²) in [7, 11) is 2.39. The summed E-state index contributed by atoms with van der Waals surface area (Å²) >= 11 is 0. The molecule has 0 aliphatic carbocycles. The van der Waals surface area contributed by atoms with Gasteiger partial charge in [-0.1, -0.05) is 42.5 Å². The molecule has 4 nitrogen and oxygen atoms in total. The van der Waals surface area contributed by atoms with Crippen LogP contribution in [-0.4, -0.2) is 50.2 Å². The Morgan fingerprint density at radius 3 is 2.59 bits per heavy atom. The molecule has 32 heavy (non-hydrogen) atoms. The molecule has 4 rings (SSSR count). The molecule has 2 heterocycles. The van der Waals surface area contributed by atoms with Crippen LogP contribution >= 0.6 is 0 Å². The predicted octanol–water partition coefficient (Wildman–Crippen LogP) is 1.95. The highest BCUT2D eigenvalue weighted by atomic mass is 127. The summed E-state index contributed by atoms with van der Waals surface area (Å²) in [6.07, 6.45) is 6.73. The van der Waals surface area contributed by atoms with E-state index in [1.807, 2.05) is 17.0 Å². The molecule has 1 fully saturated rings. The number of nitrogens with zero attached hydrogens (tertiary/aromatic N) is 2. The fourth-order valence-corrected chi connectivity index (χ4v) is 5.05. The second kappa shape index (κ2) is 11.3. The third kappa shape index (κ3) is 5.93. The van der Waals surface area contributed by atoms with Gasteiger partial charge in [-0.15, -0.1) is 6.58 Å². The minimum atomic E-state index is 0. The van der Waals surface area contributed by atoms with Crippen molar-refractivity contribution in [3.8, 4) is 5.75 Å². The van der Waals surface area contributed by atoms with Crippen molar-refractivity contribution in [1.29, 1.82) is 0 Å². The SMILES string of the molecule is C=CCN1C(=O)CCc2ccc(OCCC[N+]3(C)CCC(c4ccccc4)CC3)cc21.[I-]. The number of ether oxygens (including phenoxy) is 1. The lowest BCUT2D eigenvalue weighted by atomic mass is 9.88. The van der Waals surface area contributed by atoms with Crippen LogP contribution in [-0.2, 0) is 11.2 Å². The van der Waals surface area contributed by atoms with E-state index >= 15 is 0 Å². The van der Waals surface area contributed by atoms with Crippen molar-refractivity contribution in [3.63, 3.8) is 0 Å². The summed E-state index contributed by atoms with van der Waals surface area (Å²) in [4.78, 5) is 14.1. The van der Waals surface area contributed by atoms with Gasteiger partial charge in [-0.25, -0.2) is 0 Å². The molecule has 0 atom stereocenters. The first kappa shape index (κ1) is 24.8. The van der Waals surface area contributed by atoms with Gasteiger partial charge in [-0.2, -0.15) is 0 Å². The lowest BCUT2D eigenvalue weighted by molar-refractivity contribution is -0.914. The molecule has 1 saturated heterocycles. The average Bonchev–Trinajstić information content (AvgIpc) is 2.80. The highest BCUT2D eigenvalue weighted by molar-refractivity contribution is 5.96. The monoisotopic (exact) mass is 546 g/mol. The number of aryl methyl sites for hydroxylation is 1. The summed E-state index contributed by atoms with van der Waals surface area (Å²) in [5.74, 6) is 1.73. The zero-order chi connectivity index (χ0) is 21.7. The Labute approximate surface area is 209 Å². The predicted molar refractivity (Wildman–Crippen MR) is 127 cm³/mol. The molecule has 0 bridgehead atoms. The van der Waals surface area contributed by atoms with E-state index in [2.05, 4.69) is 50.0 Å². The summed E-state index contributed by atoms with van der Waals surface area (Å²) in [6, 6.07) is 17.1. The van der Waals surface area contributed by atoms with Gasteiger partial charge in [-0.3, -0.25) is 4.79 Å². The van der Waals surface area contributed by atoms with Crippen LogP contribution < -0.4 is 33.6 Å². The number of likely N-dealkylation sites (tertiary alicyclic amines) is 1. The molecule has 0 aromatic heterocycles. The number of piperidine rings is 1. The smallest absolute Gasteiger partial charge is 0.227 e. The van der Waals surface area contributed by atoms with E-state index < -0.39 is 0 Å². The van der Waals surface area contributed by atoms with Gasteiger partial charge >= 0.3 is 0 Å². The Morgan fingerprint density at radius 2 is 1.88 bits per heavy atom. The normalized spacial score (nSPS) is 22.6. The molecule has 1 amide bonds. The maximum Gasteiger partial charge on any atom is 0.227 e. The minimum absolute atomic E-state index is 0. The van der Waals surface area contributed by atoms with Gasteiger partial charge in [-0.05, 0) is 29.5 Å². The first-order valence-corrected chi connectivity index (χ1v) is 11.6. The van der Waals surface area contributed by atoms with Gasteiger partial charge in [0.15, 0.2) is 0 Å². The van der Waals surface area contributed by atoms with Crippen LogP contribution in [0.5, 0.6) is 5.75 Å². The van der Waals surface area contributed by atoms with Crippen LogP contribution in [0.15, 0.2) is 61.2 Å². The standard InChI is InChI=1S/C27H35N2O2.HI/c1-3-16-28-26-21-25(12-10-24(26)11-13-27(28)30)31-20-7-17-29(2)18-14-23(15-19-29)22-8-5-4-6-9-22;/h3-6,8-10,12,21,23H,1,7,11,13-20H2,2H3;1H/q+1;/p-1. The van der Waals surface area contributed by atoms with Crippen molar-refractivity contribution in [1.82, 2.24) is 0 Å². The number of quaternary nitrogens is 1. The van der Waals surface area contributed by atoms with Crippen molar-refractivity contribution < 1.29 is 38.0 Å². The van der Waals surface area contributed by atoms with Gasteiger partial charge in [0.25, 0.3) is 0 Å². The number of rotatable bonds is 8. The van der Waals surface area contributed by atoms with E-state index in [4.69, 9.17) is 4.74 Å². The van der Waals surface area contributed by atoms with E-state index in [0.29, 0.717) is 25.5 Å². The van der Waals surface area contributed by atoms with Crippen molar-refractivity contribution in [2.24, 2.45) is 0 Å². The fourth-order valence-electron chi connectivity index (χ4n) is 5.05. The first-order valence-electron chi connectivity index (χ1n) is 11.6. The topological polar surface area (TPSA) is 29.5 Å². The maximum absolute atomic E-state index is 12.3. The number of carbonyl (C=O) groups excluding carboxylic acids is 1. The first-order chi connectivity index (χ1) is 15.1. The van der Waals surface area contributed by atoms with Crippen molar-refractivity contribution in [3.05, 3.63) is 72.3 Å². The quantitative estimate of drug-likeness (QED) is 0.219. The van der Waals surface area contributed by atoms with Crippen LogP contribution in [0.3, 0.4) is 0 Å². The molecular weight excluding hydrogens is 511 g/mol. The fraction of sp³-hybridized carbons (Fsp3) is 0.444. The van der Waals surface area contributed by atoms with E-state index in [1.165, 1.54) is 37.1 Å². The number of amides is 1. The number of carbonyl (C=O) groups is 1. The van der Waals surface area contributed by atoms with E-state index in [9.17, 15) is 4.79 Å². The Kier molecular flexibility index (Phi) is 8.77. The second-order valence-electron chi connectivity index (χ2n) is 9.26. The molecule has 2 aliphatic rings. The average molecular weight is 546 g/mol. The molecule has 2 aromatic carbocycles. The molecule has 0 spiro atoms. The molecule has 0 saturated carbocycles. The summed E-state index contributed by atoms with van der Waals surface area (Å²) in [5, 5.41) is 0. The highest BCUT2D eigenvalue weighted by Crippen LogP contribution is 2.32. The van der Waals surface area contributed by atoms with Crippen LogP contribution in [0.25, 0.3) is 0 Å². The van der Waals surface area contributed by atoms with Gasteiger partial charge in [0, 0.05) is 38.3 Å². The van der Waals surface area contributed by atoms with E-state index in [0.717, 1.165) is 35.3 Å². The summed E-state index contributed by atoms with van der Waals surface area (Å²) in [6.45, 7) is 8.67. The number of anilines is 1. The van der Waals surface area contributed by atoms with Crippen LogP contribution in [0, 0.1) is 0 Å². The van der Waals surface area contributed by atoms with Gasteiger partial charge < -0.3 is 38.1 Å². The molecule has 2 aromatic rings. The van der Waals surface area contributed by atoms with Crippen molar-refractivity contribution >= 4 is 11.6 Å². The number of fused-ring (bicyclic) bond motifs is 1. The maximum atomic E-state index is 12.3. The molecular formula is C27H35IN2O2. The van der Waals surface area contributed by atoms with Gasteiger partial charge in [0.05, 0.1) is 39.0 Å². The Hall–Kier alpha value is -1.86. The third-order valence-electron chi connectivity index (χ3n) is 6.99. The third-order valence-corrected chi connectivity index (χ3v) is 6.99. The number of hydrogen-bond donors (Lipinski definition) is 0. The van der Waals surface area contributed by atoms with Gasteiger partial charge in [0.2, 0.25) is 5.91 Å². The van der Waals surface area contributed by atoms with E-state index in [-0.39, 0.29) is 29.9 Å². The van der Waals surface area contributed by atoms with Crippen molar-refractivity contribution in [2.75, 3.05) is 44.7 Å². The Bertz CT molecular complexity index is 907. The summed E-state index contributed by atoms with van der Waals surface area (Å²) in [5.41, 5.74) is 3.69. The molecule has 0 unspecified atom stereocenters. The Balaban J connectivity index is 0.00000289. The minimum Gasteiger partial charge on any atom is -1.00 e. The largest absolute Gasteiger partial charge is 1.00 e. The number of halogens is 1. The molecule has 0 N–H and O–H groups in total. The Morgan fingerprint density at radius 1 is 1.12 bits per heavy atom. The van der Waals surface area contributed by atoms with Gasteiger partial charge in [0.1, 0.15) is 5.75 Å². The van der Waals surface area contributed by atoms with Crippen LogP contribution in [0.4, 0.5) is 5.69 Å².